The van der Waals surface area contributed by atoms with Crippen LogP contribution in [0.15, 0.2) is 18.2 Å². The predicted molar refractivity (Wildman–Crippen MR) is 94.0 cm³/mol. The van der Waals surface area contributed by atoms with Crippen molar-refractivity contribution in [2.75, 3.05) is 20.1 Å². The molecule has 0 aromatic heterocycles. The van der Waals surface area contributed by atoms with Gasteiger partial charge in [0.2, 0.25) is 0 Å². The highest BCUT2D eigenvalue weighted by molar-refractivity contribution is 14.1. The van der Waals surface area contributed by atoms with Crippen molar-refractivity contribution in [1.29, 1.82) is 0 Å². The van der Waals surface area contributed by atoms with E-state index >= 15 is 0 Å². The number of rotatable bonds is 2. The normalized spacial score (nSPS) is 18.9. The molecule has 0 spiro atoms. The summed E-state index contributed by atoms with van der Waals surface area (Å²) in [6.45, 7) is 2.03. The van der Waals surface area contributed by atoms with Crippen molar-refractivity contribution in [3.8, 4) is 0 Å². The summed E-state index contributed by atoms with van der Waals surface area (Å²) in [5, 5.41) is 4.01. The molecular weight excluding hydrogens is 410 g/mol. The molecule has 1 unspecified atom stereocenters. The first-order chi connectivity index (χ1) is 9.09. The molecule has 1 amide bonds. The highest BCUT2D eigenvalue weighted by atomic mass is 127. The molecule has 112 valence electrons. The van der Waals surface area contributed by atoms with Crippen LogP contribution in [-0.4, -0.2) is 37.0 Å². The van der Waals surface area contributed by atoms with Gasteiger partial charge in [0.1, 0.15) is 0 Å². The van der Waals surface area contributed by atoms with E-state index in [0.29, 0.717) is 16.6 Å². The van der Waals surface area contributed by atoms with Crippen LogP contribution < -0.4 is 5.32 Å². The summed E-state index contributed by atoms with van der Waals surface area (Å²) in [5.74, 6) is 0.0604. The molecule has 3 nitrogen and oxygen atoms in total. The fourth-order valence-corrected chi connectivity index (χ4v) is 2.90. The molecule has 1 fully saturated rings. The molecule has 1 N–H and O–H groups in total. The second kappa shape index (κ2) is 8.41. The molecule has 0 bridgehead atoms. The Morgan fingerprint density at radius 2 is 2.15 bits per heavy atom. The van der Waals surface area contributed by atoms with Gasteiger partial charge in [-0.15, -0.1) is 12.4 Å². The van der Waals surface area contributed by atoms with Crippen molar-refractivity contribution in [2.45, 2.75) is 25.3 Å². The molecule has 1 atom stereocenters. The predicted octanol–water partition coefficient (Wildman–Crippen LogP) is 3.58. The van der Waals surface area contributed by atoms with Crippen LogP contribution in [0.2, 0.25) is 5.02 Å². The Hall–Kier alpha value is -0.0400. The maximum Gasteiger partial charge on any atom is 0.253 e. The van der Waals surface area contributed by atoms with Crippen LogP contribution in [0.5, 0.6) is 0 Å². The molecular formula is C14H19Cl2IN2O. The number of benzene rings is 1. The van der Waals surface area contributed by atoms with Gasteiger partial charge in [-0.05, 0) is 73.1 Å². The van der Waals surface area contributed by atoms with E-state index in [2.05, 4.69) is 27.9 Å². The minimum absolute atomic E-state index is 0. The second-order valence-corrected chi connectivity index (χ2v) is 6.45. The Labute approximate surface area is 145 Å². The topological polar surface area (TPSA) is 32.3 Å². The number of nitrogens with zero attached hydrogens (tertiary/aromatic N) is 1. The highest BCUT2D eigenvalue weighted by Gasteiger charge is 2.22. The van der Waals surface area contributed by atoms with Gasteiger partial charge in [-0.1, -0.05) is 11.6 Å². The zero-order valence-electron chi connectivity index (χ0n) is 11.4. The van der Waals surface area contributed by atoms with Crippen LogP contribution in [0.1, 0.15) is 29.6 Å². The lowest BCUT2D eigenvalue weighted by Gasteiger charge is -2.27. The molecule has 0 radical (unpaired) electrons. The number of hydrogen-bond acceptors (Lipinski definition) is 2. The van der Waals surface area contributed by atoms with Crippen LogP contribution in [0, 0.1) is 3.57 Å². The van der Waals surface area contributed by atoms with Gasteiger partial charge >= 0.3 is 0 Å². The molecule has 6 heteroatoms. The van der Waals surface area contributed by atoms with Gasteiger partial charge in [0.25, 0.3) is 5.91 Å². The summed E-state index contributed by atoms with van der Waals surface area (Å²) >= 11 is 8.25. The summed E-state index contributed by atoms with van der Waals surface area (Å²) in [7, 11) is 1.89. The van der Waals surface area contributed by atoms with Crippen molar-refractivity contribution in [2.24, 2.45) is 0 Å². The zero-order chi connectivity index (χ0) is 13.8. The smallest absolute Gasteiger partial charge is 0.253 e. The summed E-state index contributed by atoms with van der Waals surface area (Å²) < 4.78 is 0.970. The fraction of sp³-hybridized carbons (Fsp3) is 0.500. The third-order valence-electron chi connectivity index (χ3n) is 3.58. The van der Waals surface area contributed by atoms with Crippen LogP contribution in [0.3, 0.4) is 0 Å². The van der Waals surface area contributed by atoms with Crippen molar-refractivity contribution in [3.63, 3.8) is 0 Å². The molecule has 1 aromatic carbocycles. The maximum atomic E-state index is 12.5. The molecule has 1 aromatic rings. The maximum absolute atomic E-state index is 12.5. The Balaban J connectivity index is 0.00000200. The Kier molecular flexibility index (Phi) is 7.58. The lowest BCUT2D eigenvalue weighted by Crippen LogP contribution is -2.37. The fourth-order valence-electron chi connectivity index (χ4n) is 2.39. The third-order valence-corrected chi connectivity index (χ3v) is 5.15. The average Bonchev–Trinajstić information content (AvgIpc) is 2.69. The van der Waals surface area contributed by atoms with E-state index in [1.54, 1.807) is 6.07 Å². The number of amides is 1. The van der Waals surface area contributed by atoms with Gasteiger partial charge in [0, 0.05) is 22.2 Å². The highest BCUT2D eigenvalue weighted by Crippen LogP contribution is 2.21. The zero-order valence-corrected chi connectivity index (χ0v) is 15.1. The van der Waals surface area contributed by atoms with Crippen LogP contribution >= 0.6 is 46.6 Å². The molecule has 2 rings (SSSR count). The van der Waals surface area contributed by atoms with Crippen LogP contribution in [-0.2, 0) is 0 Å². The van der Waals surface area contributed by atoms with Gasteiger partial charge in [0.05, 0.1) is 5.02 Å². The first-order valence-corrected chi connectivity index (χ1v) is 7.98. The monoisotopic (exact) mass is 428 g/mol. The van der Waals surface area contributed by atoms with E-state index in [9.17, 15) is 4.79 Å². The molecule has 20 heavy (non-hydrogen) atoms. The lowest BCUT2D eigenvalue weighted by molar-refractivity contribution is 0.0720. The molecule has 0 aliphatic carbocycles. The van der Waals surface area contributed by atoms with Crippen molar-refractivity contribution in [3.05, 3.63) is 32.4 Å². The standard InChI is InChI=1S/C14H18ClIN2O.ClH/c1-18(11-3-2-7-17-8-6-11)14(19)10-4-5-13(16)12(15)9-10;/h4-5,9,11,17H,2-3,6-8H2,1H3;1H. The van der Waals surface area contributed by atoms with E-state index in [1.165, 1.54) is 0 Å². The third kappa shape index (κ3) is 4.48. The number of hydrogen-bond donors (Lipinski definition) is 1. The Morgan fingerprint density at radius 3 is 2.85 bits per heavy atom. The van der Waals surface area contributed by atoms with Gasteiger partial charge in [0.15, 0.2) is 0 Å². The summed E-state index contributed by atoms with van der Waals surface area (Å²) in [6, 6.07) is 5.82. The van der Waals surface area contributed by atoms with Gasteiger partial charge in [-0.3, -0.25) is 4.79 Å². The molecule has 0 saturated carbocycles. The van der Waals surface area contributed by atoms with E-state index in [-0.39, 0.29) is 18.3 Å². The SMILES string of the molecule is CN(C(=O)c1ccc(I)c(Cl)c1)C1CCCNCC1.Cl. The Bertz CT molecular complexity index is 462. The van der Waals surface area contributed by atoms with Crippen molar-refractivity contribution in [1.82, 2.24) is 10.2 Å². The molecule has 1 heterocycles. The minimum Gasteiger partial charge on any atom is -0.339 e. The largest absolute Gasteiger partial charge is 0.339 e. The summed E-state index contributed by atoms with van der Waals surface area (Å²) in [4.78, 5) is 14.3. The summed E-state index contributed by atoms with van der Waals surface area (Å²) in [5.41, 5.74) is 0.671. The number of halogens is 3. The second-order valence-electron chi connectivity index (χ2n) is 4.88. The minimum atomic E-state index is 0. The number of carbonyl (C=O) groups excluding carboxylic acids is 1. The van der Waals surface area contributed by atoms with Crippen LogP contribution in [0.25, 0.3) is 0 Å². The van der Waals surface area contributed by atoms with Crippen molar-refractivity contribution < 1.29 is 4.79 Å². The van der Waals surface area contributed by atoms with Gasteiger partial charge < -0.3 is 10.2 Å². The first kappa shape index (κ1) is 18.0. The van der Waals surface area contributed by atoms with E-state index in [1.807, 2.05) is 24.1 Å². The quantitative estimate of drug-likeness (QED) is 0.730. The van der Waals surface area contributed by atoms with Gasteiger partial charge in [-0.2, -0.15) is 0 Å². The van der Waals surface area contributed by atoms with E-state index in [0.717, 1.165) is 35.9 Å². The van der Waals surface area contributed by atoms with E-state index in [4.69, 9.17) is 11.6 Å². The average molecular weight is 429 g/mol. The Morgan fingerprint density at radius 1 is 1.40 bits per heavy atom. The van der Waals surface area contributed by atoms with Gasteiger partial charge in [-0.25, -0.2) is 0 Å². The van der Waals surface area contributed by atoms with Crippen molar-refractivity contribution >= 4 is 52.5 Å². The van der Waals surface area contributed by atoms with Crippen LogP contribution in [0.4, 0.5) is 0 Å². The number of nitrogens with one attached hydrogen (secondary N) is 1. The first-order valence-electron chi connectivity index (χ1n) is 6.52. The number of carbonyl (C=O) groups is 1. The van der Waals surface area contributed by atoms with E-state index < -0.39 is 0 Å². The lowest BCUT2D eigenvalue weighted by atomic mass is 10.1. The molecule has 1 aliphatic rings. The molecule has 1 aliphatic heterocycles. The molecule has 1 saturated heterocycles. The summed E-state index contributed by atoms with van der Waals surface area (Å²) in [6.07, 6.45) is 3.20.